The Morgan fingerprint density at radius 3 is 0.620 bits per heavy atom. The van der Waals surface area contributed by atoms with E-state index in [2.05, 4.69) is 55.4 Å². The van der Waals surface area contributed by atoms with E-state index in [0.717, 1.165) is 108 Å². The third kappa shape index (κ3) is 74.3. The molecule has 0 aromatic heterocycles. The van der Waals surface area contributed by atoms with Crippen molar-refractivity contribution in [3.8, 4) is 0 Å². The van der Waals surface area contributed by atoms with Gasteiger partial charge in [-0.25, -0.2) is 9.13 Å². The van der Waals surface area contributed by atoms with Crippen molar-refractivity contribution in [2.24, 2.45) is 23.7 Å². The second-order valence-corrected chi connectivity index (χ2v) is 34.0. The number of phosphoric acid groups is 2. The standard InChI is InChI=1S/C81H158O17P2/c1-71(2)57-49-41-33-27-23-19-15-11-9-10-12-18-22-26-30-38-47-55-63-80(85)97-76(67-91-78(83)61-53-45-37-29-25-21-17-14-13-16-20-24-28-34-42-50-58-72(3)4)69-95-99(87,88)93-65-75(82)66-94-100(89,90)96-70-77(98-81(86)64-56-48-40-32-36-44-52-60-74(7)8)68-92-79(84)62-54-46-39-31-35-43-51-59-73(5)6/h71-77,82H,9-70H2,1-8H3,(H,87,88)(H,89,90)/t75?,76-,77-/m1/s1. The summed E-state index contributed by atoms with van der Waals surface area (Å²) in [7, 11) is -9.92. The summed E-state index contributed by atoms with van der Waals surface area (Å²) in [6, 6.07) is 0. The zero-order chi connectivity index (χ0) is 73.8. The summed E-state index contributed by atoms with van der Waals surface area (Å²) in [5.74, 6) is 0.915. The van der Waals surface area contributed by atoms with E-state index in [-0.39, 0.29) is 25.7 Å². The number of hydrogen-bond acceptors (Lipinski definition) is 15. The minimum absolute atomic E-state index is 0.103. The third-order valence-corrected chi connectivity index (χ3v) is 20.7. The normalized spacial score (nSPS) is 14.0. The van der Waals surface area contributed by atoms with Gasteiger partial charge >= 0.3 is 39.5 Å². The predicted molar refractivity (Wildman–Crippen MR) is 409 cm³/mol. The summed E-state index contributed by atoms with van der Waals surface area (Å²) in [5.41, 5.74) is 0. The average Bonchev–Trinajstić information content (AvgIpc) is 0.923. The van der Waals surface area contributed by atoms with Gasteiger partial charge in [-0.2, -0.15) is 0 Å². The van der Waals surface area contributed by atoms with E-state index < -0.39 is 97.5 Å². The van der Waals surface area contributed by atoms with Crippen molar-refractivity contribution in [1.29, 1.82) is 0 Å². The molecule has 19 heteroatoms. The number of aliphatic hydroxyl groups excluding tert-OH is 1. The van der Waals surface area contributed by atoms with Crippen molar-refractivity contribution >= 4 is 39.5 Å². The van der Waals surface area contributed by atoms with E-state index in [0.29, 0.717) is 37.5 Å². The Morgan fingerprint density at radius 2 is 0.420 bits per heavy atom. The molecule has 0 saturated heterocycles. The van der Waals surface area contributed by atoms with E-state index in [9.17, 15) is 43.2 Å². The molecule has 0 amide bonds. The number of unbranched alkanes of at least 4 members (excludes halogenated alkanes) is 44. The molecular formula is C81H158O17P2. The average molecular weight is 1470 g/mol. The zero-order valence-corrected chi connectivity index (χ0v) is 67.6. The van der Waals surface area contributed by atoms with Crippen LogP contribution in [0.15, 0.2) is 0 Å². The molecule has 0 aliphatic heterocycles. The molecule has 3 N–H and O–H groups in total. The molecule has 0 spiro atoms. The Hall–Kier alpha value is -1.94. The summed E-state index contributed by atoms with van der Waals surface area (Å²) in [6.45, 7) is 14.2. The molecule has 594 valence electrons. The summed E-state index contributed by atoms with van der Waals surface area (Å²) in [4.78, 5) is 72.9. The molecule has 0 radical (unpaired) electrons. The lowest BCUT2D eigenvalue weighted by Crippen LogP contribution is -2.30. The van der Waals surface area contributed by atoms with Crippen LogP contribution in [0.4, 0.5) is 0 Å². The molecule has 5 atom stereocenters. The summed E-state index contributed by atoms with van der Waals surface area (Å²) < 4.78 is 68.6. The summed E-state index contributed by atoms with van der Waals surface area (Å²) >= 11 is 0. The highest BCUT2D eigenvalue weighted by Crippen LogP contribution is 2.45. The molecule has 0 bridgehead atoms. The Kier molecular flexibility index (Phi) is 68.7. The highest BCUT2D eigenvalue weighted by Gasteiger charge is 2.30. The van der Waals surface area contributed by atoms with Gasteiger partial charge in [0.05, 0.1) is 26.4 Å². The second kappa shape index (κ2) is 70.1. The molecule has 0 aromatic carbocycles. The fourth-order valence-corrected chi connectivity index (χ4v) is 14.0. The Labute approximate surface area is 613 Å². The van der Waals surface area contributed by atoms with Crippen molar-refractivity contribution < 1.29 is 80.2 Å². The molecule has 3 unspecified atom stereocenters. The van der Waals surface area contributed by atoms with Crippen LogP contribution in [-0.4, -0.2) is 96.7 Å². The molecule has 0 rings (SSSR count). The van der Waals surface area contributed by atoms with E-state index in [4.69, 9.17) is 37.0 Å². The lowest BCUT2D eigenvalue weighted by atomic mass is 10.0. The SMILES string of the molecule is CC(C)CCCCCCCCCCCCCCCCCCCCC(=O)O[C@H](COC(=O)CCCCCCCCCCCCCCCCCCC(C)C)COP(=O)(O)OCC(O)COP(=O)(O)OC[C@@H](COC(=O)CCCCCCCCCC(C)C)OC(=O)CCCCCCCCCC(C)C. The van der Waals surface area contributed by atoms with E-state index in [1.165, 1.54) is 212 Å². The number of hydrogen-bond donors (Lipinski definition) is 3. The van der Waals surface area contributed by atoms with Gasteiger partial charge in [0.25, 0.3) is 0 Å². The van der Waals surface area contributed by atoms with Crippen LogP contribution in [0.1, 0.15) is 415 Å². The van der Waals surface area contributed by atoms with Crippen LogP contribution in [0.25, 0.3) is 0 Å². The molecule has 0 aliphatic rings. The lowest BCUT2D eigenvalue weighted by Gasteiger charge is -2.21. The van der Waals surface area contributed by atoms with Crippen molar-refractivity contribution in [3.05, 3.63) is 0 Å². The molecule has 0 aliphatic carbocycles. The maximum atomic E-state index is 13.1. The summed E-state index contributed by atoms with van der Waals surface area (Å²) in [5, 5.41) is 10.6. The van der Waals surface area contributed by atoms with Gasteiger partial charge in [-0.15, -0.1) is 0 Å². The fraction of sp³-hybridized carbons (Fsp3) is 0.951. The van der Waals surface area contributed by atoms with Crippen LogP contribution in [0, 0.1) is 23.7 Å². The maximum Gasteiger partial charge on any atom is 0.472 e. The molecule has 0 aromatic rings. The van der Waals surface area contributed by atoms with Crippen LogP contribution < -0.4 is 0 Å². The van der Waals surface area contributed by atoms with Crippen LogP contribution in [0.5, 0.6) is 0 Å². The maximum absolute atomic E-state index is 13.1. The third-order valence-electron chi connectivity index (χ3n) is 18.8. The van der Waals surface area contributed by atoms with Gasteiger partial charge in [0.2, 0.25) is 0 Å². The van der Waals surface area contributed by atoms with Gasteiger partial charge in [-0.05, 0) is 49.4 Å². The van der Waals surface area contributed by atoms with Crippen LogP contribution in [-0.2, 0) is 65.4 Å². The van der Waals surface area contributed by atoms with E-state index >= 15 is 0 Å². The Morgan fingerprint density at radius 1 is 0.250 bits per heavy atom. The number of phosphoric ester groups is 2. The van der Waals surface area contributed by atoms with E-state index in [1.807, 2.05) is 0 Å². The minimum atomic E-state index is -4.96. The predicted octanol–water partition coefficient (Wildman–Crippen LogP) is 24.0. The molecule has 100 heavy (non-hydrogen) atoms. The molecule has 0 fully saturated rings. The van der Waals surface area contributed by atoms with Gasteiger partial charge in [-0.3, -0.25) is 37.3 Å². The number of ether oxygens (including phenoxy) is 4. The van der Waals surface area contributed by atoms with Gasteiger partial charge in [0, 0.05) is 25.7 Å². The van der Waals surface area contributed by atoms with Gasteiger partial charge < -0.3 is 33.8 Å². The largest absolute Gasteiger partial charge is 0.472 e. The molecule has 0 heterocycles. The molecular weight excluding hydrogens is 1310 g/mol. The van der Waals surface area contributed by atoms with Crippen molar-refractivity contribution in [2.45, 2.75) is 433 Å². The number of aliphatic hydroxyl groups is 1. The van der Waals surface area contributed by atoms with Crippen molar-refractivity contribution in [2.75, 3.05) is 39.6 Å². The van der Waals surface area contributed by atoms with Crippen LogP contribution in [0.2, 0.25) is 0 Å². The van der Waals surface area contributed by atoms with Gasteiger partial charge in [0.1, 0.15) is 19.3 Å². The number of carbonyl (C=O) groups is 4. The van der Waals surface area contributed by atoms with Crippen molar-refractivity contribution in [1.82, 2.24) is 0 Å². The first-order valence-corrected chi connectivity index (χ1v) is 44.7. The number of carbonyl (C=O) groups excluding carboxylic acids is 4. The van der Waals surface area contributed by atoms with Crippen molar-refractivity contribution in [3.63, 3.8) is 0 Å². The first kappa shape index (κ1) is 98.1. The lowest BCUT2D eigenvalue weighted by molar-refractivity contribution is -0.161. The quantitative estimate of drug-likeness (QED) is 0.0222. The fourth-order valence-electron chi connectivity index (χ4n) is 12.4. The topological polar surface area (TPSA) is 237 Å². The van der Waals surface area contributed by atoms with Crippen LogP contribution >= 0.6 is 15.6 Å². The van der Waals surface area contributed by atoms with Crippen LogP contribution in [0.3, 0.4) is 0 Å². The number of rotatable bonds is 78. The first-order chi connectivity index (χ1) is 48.1. The van der Waals surface area contributed by atoms with Gasteiger partial charge in [0.15, 0.2) is 12.2 Å². The molecule has 17 nitrogen and oxygen atoms in total. The first-order valence-electron chi connectivity index (χ1n) is 41.7. The zero-order valence-electron chi connectivity index (χ0n) is 65.8. The molecule has 0 saturated carbocycles. The number of esters is 4. The Balaban J connectivity index is 5.19. The van der Waals surface area contributed by atoms with Gasteiger partial charge in [-0.1, -0.05) is 364 Å². The highest BCUT2D eigenvalue weighted by molar-refractivity contribution is 7.47. The smallest absolute Gasteiger partial charge is 0.462 e. The van der Waals surface area contributed by atoms with E-state index in [1.54, 1.807) is 0 Å². The minimum Gasteiger partial charge on any atom is -0.462 e. The summed E-state index contributed by atoms with van der Waals surface area (Å²) in [6.07, 6.45) is 57.3. The monoisotopic (exact) mass is 1470 g/mol. The Bertz CT molecular complexity index is 1950. The second-order valence-electron chi connectivity index (χ2n) is 31.1. The highest BCUT2D eigenvalue weighted by atomic mass is 31.2.